The first-order chi connectivity index (χ1) is 17.8. The summed E-state index contributed by atoms with van der Waals surface area (Å²) >= 11 is 0. The van der Waals surface area contributed by atoms with Crippen molar-refractivity contribution in [1.29, 1.82) is 0 Å². The molecule has 5 rings (SSSR count). The second kappa shape index (κ2) is 10.1. The van der Waals surface area contributed by atoms with Crippen LogP contribution in [0, 0.1) is 12.8 Å². The quantitative estimate of drug-likeness (QED) is 0.558. The number of fused-ring (bicyclic) bond motifs is 1. The van der Waals surface area contributed by atoms with Gasteiger partial charge in [0.2, 0.25) is 0 Å². The van der Waals surface area contributed by atoms with Gasteiger partial charge < -0.3 is 14.5 Å². The largest absolute Gasteiger partial charge is 0.379 e. The monoisotopic (exact) mass is 502 g/mol. The second-order valence-electron chi connectivity index (χ2n) is 9.96. The number of dihydropyridines is 1. The second-order valence-corrected chi connectivity index (χ2v) is 9.96. The highest BCUT2D eigenvalue weighted by Gasteiger charge is 2.28. The molecule has 9 nitrogen and oxygen atoms in total. The summed E-state index contributed by atoms with van der Waals surface area (Å²) in [5, 5.41) is 7.37. The minimum atomic E-state index is -0.443. The maximum absolute atomic E-state index is 13.6. The summed E-state index contributed by atoms with van der Waals surface area (Å²) in [4.78, 5) is 32.6. The minimum absolute atomic E-state index is 0.0772. The van der Waals surface area contributed by atoms with Gasteiger partial charge in [0, 0.05) is 67.6 Å². The zero-order valence-corrected chi connectivity index (χ0v) is 22.1. The number of carbonyl (C=O) groups excluding carboxylic acids is 2. The molecule has 2 aliphatic heterocycles. The third-order valence-corrected chi connectivity index (χ3v) is 7.62. The summed E-state index contributed by atoms with van der Waals surface area (Å²) in [7, 11) is 1.92. The predicted octanol–water partition coefficient (Wildman–Crippen LogP) is 3.33. The van der Waals surface area contributed by atoms with Crippen molar-refractivity contribution in [3.05, 3.63) is 59.1 Å². The highest BCUT2D eigenvalue weighted by molar-refractivity contribution is 6.06. The van der Waals surface area contributed by atoms with Crippen LogP contribution in [0.4, 0.5) is 0 Å². The van der Waals surface area contributed by atoms with E-state index in [0.29, 0.717) is 24.5 Å². The summed E-state index contributed by atoms with van der Waals surface area (Å²) in [6.45, 7) is 11.2. The number of nitrogens with one attached hydrogen (secondary N) is 1. The Hall–Kier alpha value is -3.56. The van der Waals surface area contributed by atoms with Gasteiger partial charge in [0.15, 0.2) is 0 Å². The highest BCUT2D eigenvalue weighted by Crippen LogP contribution is 2.33. The van der Waals surface area contributed by atoms with Crippen molar-refractivity contribution in [1.82, 2.24) is 24.4 Å². The standard InChI is InChI=1S/C28H34N6O3/c1-17-14-18(2)31-28(36)23(17)16-29-27(35)22-15-25-21(24-6-8-30-32(24)5)7-9-34(25)26(19(22)3)20(4)33-10-12-37-13-11-33/h6-9,14-15,20,23H,10-13,16H2,1-5H3,(H,29,35). The fraction of sp³-hybridized carbons (Fsp3) is 0.429. The summed E-state index contributed by atoms with van der Waals surface area (Å²) in [5.74, 6) is -0.849. The van der Waals surface area contributed by atoms with E-state index >= 15 is 0 Å². The van der Waals surface area contributed by atoms with Crippen LogP contribution in [0.5, 0.6) is 0 Å². The molecule has 0 aliphatic carbocycles. The summed E-state index contributed by atoms with van der Waals surface area (Å²) in [5.41, 5.74) is 7.14. The molecule has 3 aromatic heterocycles. The van der Waals surface area contributed by atoms with Crippen molar-refractivity contribution in [3.8, 4) is 11.3 Å². The van der Waals surface area contributed by atoms with E-state index in [4.69, 9.17) is 4.74 Å². The summed E-state index contributed by atoms with van der Waals surface area (Å²) < 4.78 is 9.62. The number of aryl methyl sites for hydroxylation is 1. The molecule has 1 N–H and O–H groups in total. The molecular weight excluding hydrogens is 468 g/mol. The molecule has 0 spiro atoms. The van der Waals surface area contributed by atoms with Gasteiger partial charge in [-0.3, -0.25) is 19.2 Å². The zero-order chi connectivity index (χ0) is 26.3. The third kappa shape index (κ3) is 4.65. The van der Waals surface area contributed by atoms with Gasteiger partial charge in [0.05, 0.1) is 30.3 Å². The van der Waals surface area contributed by atoms with E-state index in [1.165, 1.54) is 0 Å². The molecule has 0 radical (unpaired) electrons. The molecule has 194 valence electrons. The lowest BCUT2D eigenvalue weighted by Crippen LogP contribution is -2.39. The number of ether oxygens (including phenoxy) is 1. The molecule has 2 unspecified atom stereocenters. The number of nitrogens with zero attached hydrogens (tertiary/aromatic N) is 5. The fourth-order valence-corrected chi connectivity index (χ4v) is 5.56. The molecular formula is C28H34N6O3. The van der Waals surface area contributed by atoms with Gasteiger partial charge in [0.25, 0.3) is 11.8 Å². The molecule has 2 aliphatic rings. The maximum atomic E-state index is 13.6. The average Bonchev–Trinajstić information content (AvgIpc) is 3.48. The van der Waals surface area contributed by atoms with Gasteiger partial charge in [0.1, 0.15) is 0 Å². The average molecular weight is 503 g/mol. The van der Waals surface area contributed by atoms with Crippen molar-refractivity contribution in [2.24, 2.45) is 18.0 Å². The van der Waals surface area contributed by atoms with Gasteiger partial charge in [-0.1, -0.05) is 5.57 Å². The van der Waals surface area contributed by atoms with Crippen LogP contribution in [0.1, 0.15) is 48.4 Å². The fourth-order valence-electron chi connectivity index (χ4n) is 5.56. The van der Waals surface area contributed by atoms with Crippen LogP contribution >= 0.6 is 0 Å². The maximum Gasteiger partial charge on any atom is 0.254 e. The summed E-state index contributed by atoms with van der Waals surface area (Å²) in [6.07, 6.45) is 5.76. The van der Waals surface area contributed by atoms with E-state index in [0.717, 1.165) is 46.7 Å². The third-order valence-electron chi connectivity index (χ3n) is 7.62. The number of carbonyl (C=O) groups is 2. The number of rotatable bonds is 6. The lowest BCUT2D eigenvalue weighted by Gasteiger charge is -2.34. The molecule has 5 heterocycles. The number of morpholine rings is 1. The Bertz CT molecular complexity index is 1420. The number of allylic oxidation sites excluding steroid dienone is 1. The smallest absolute Gasteiger partial charge is 0.254 e. The topological polar surface area (TPSA) is 93.2 Å². The molecule has 0 aromatic carbocycles. The Labute approximate surface area is 216 Å². The van der Waals surface area contributed by atoms with Crippen LogP contribution < -0.4 is 5.32 Å². The number of pyridine rings is 1. The Morgan fingerprint density at radius 2 is 1.97 bits per heavy atom. The van der Waals surface area contributed by atoms with Gasteiger partial charge in [-0.2, -0.15) is 5.10 Å². The lowest BCUT2D eigenvalue weighted by atomic mass is 9.95. The Balaban J connectivity index is 1.55. The number of hydrogen-bond donors (Lipinski definition) is 1. The molecule has 3 aromatic rings. The van der Waals surface area contributed by atoms with Crippen molar-refractivity contribution in [3.63, 3.8) is 0 Å². The minimum Gasteiger partial charge on any atom is -0.379 e. The number of hydrogen-bond acceptors (Lipinski definition) is 5. The first kappa shape index (κ1) is 25.1. The molecule has 9 heteroatoms. The molecule has 2 amide bonds. The van der Waals surface area contributed by atoms with Gasteiger partial charge >= 0.3 is 0 Å². The Morgan fingerprint density at radius 3 is 2.65 bits per heavy atom. The van der Waals surface area contributed by atoms with Crippen LogP contribution in [-0.2, 0) is 16.6 Å². The van der Waals surface area contributed by atoms with Gasteiger partial charge in [-0.05, 0) is 57.5 Å². The van der Waals surface area contributed by atoms with Crippen molar-refractivity contribution in [2.45, 2.75) is 33.7 Å². The Morgan fingerprint density at radius 1 is 1.22 bits per heavy atom. The van der Waals surface area contributed by atoms with Gasteiger partial charge in [-0.15, -0.1) is 0 Å². The van der Waals surface area contributed by atoms with Gasteiger partial charge in [-0.25, -0.2) is 4.99 Å². The molecule has 0 saturated carbocycles. The Kier molecular flexibility index (Phi) is 6.83. The molecule has 37 heavy (non-hydrogen) atoms. The molecule has 2 atom stereocenters. The first-order valence-electron chi connectivity index (χ1n) is 12.8. The van der Waals surface area contributed by atoms with E-state index in [1.807, 2.05) is 50.7 Å². The number of amides is 2. The van der Waals surface area contributed by atoms with Crippen molar-refractivity contribution >= 4 is 23.0 Å². The van der Waals surface area contributed by atoms with Crippen LogP contribution in [0.3, 0.4) is 0 Å². The molecule has 1 saturated heterocycles. The SMILES string of the molecule is CC1=CC(C)=NC(=O)C1CNC(=O)c1cc2c(-c3ccnn3C)ccn2c(C(C)N2CCOCC2)c1C. The number of aromatic nitrogens is 3. The highest BCUT2D eigenvalue weighted by atomic mass is 16.5. The number of aliphatic imine (C=N–C) groups is 1. The van der Waals surface area contributed by atoms with Crippen LogP contribution in [0.15, 0.2) is 47.2 Å². The summed E-state index contributed by atoms with van der Waals surface area (Å²) in [6, 6.07) is 6.09. The van der Waals surface area contributed by atoms with Crippen LogP contribution in [0.2, 0.25) is 0 Å². The van der Waals surface area contributed by atoms with E-state index in [1.54, 1.807) is 6.20 Å². The molecule has 0 bridgehead atoms. The predicted molar refractivity (Wildman–Crippen MR) is 143 cm³/mol. The van der Waals surface area contributed by atoms with Crippen LogP contribution in [-0.4, -0.2) is 69.5 Å². The van der Waals surface area contributed by atoms with Crippen molar-refractivity contribution < 1.29 is 14.3 Å². The van der Waals surface area contributed by atoms with E-state index < -0.39 is 5.92 Å². The first-order valence-corrected chi connectivity index (χ1v) is 12.8. The lowest BCUT2D eigenvalue weighted by molar-refractivity contribution is -0.120. The zero-order valence-electron chi connectivity index (χ0n) is 22.1. The van der Waals surface area contributed by atoms with Crippen molar-refractivity contribution in [2.75, 3.05) is 32.8 Å². The van der Waals surface area contributed by atoms with E-state index in [9.17, 15) is 9.59 Å². The van der Waals surface area contributed by atoms with E-state index in [2.05, 4.69) is 43.9 Å². The van der Waals surface area contributed by atoms with Crippen LogP contribution in [0.25, 0.3) is 16.8 Å². The van der Waals surface area contributed by atoms with E-state index in [-0.39, 0.29) is 24.4 Å². The molecule has 1 fully saturated rings. The normalized spacial score (nSPS) is 19.6.